The Kier molecular flexibility index (Phi) is 7.01. The van der Waals surface area contributed by atoms with Gasteiger partial charge in [0.15, 0.2) is 0 Å². The van der Waals surface area contributed by atoms with Gasteiger partial charge in [0.25, 0.3) is 0 Å². The van der Waals surface area contributed by atoms with Crippen molar-refractivity contribution in [3.05, 3.63) is 90.3 Å². The van der Waals surface area contributed by atoms with Crippen molar-refractivity contribution in [2.75, 3.05) is 5.32 Å². The van der Waals surface area contributed by atoms with Crippen LogP contribution in [0.3, 0.4) is 0 Å². The van der Waals surface area contributed by atoms with Gasteiger partial charge in [0, 0.05) is 26.7 Å². The maximum absolute atomic E-state index is 6.16. The van der Waals surface area contributed by atoms with Gasteiger partial charge in [-0.15, -0.1) is 0 Å². The van der Waals surface area contributed by atoms with Crippen molar-refractivity contribution >= 4 is 53.5 Å². The molecule has 0 saturated heterocycles. The first-order valence-corrected chi connectivity index (χ1v) is 11.0. The topological polar surface area (TPSA) is 21.3 Å². The summed E-state index contributed by atoms with van der Waals surface area (Å²) in [4.78, 5) is 0. The number of hydrogen-bond acceptors (Lipinski definition) is 2. The first-order chi connectivity index (χ1) is 12.9. The van der Waals surface area contributed by atoms with Gasteiger partial charge in [0.2, 0.25) is 0 Å². The average Bonchev–Trinajstić information content (AvgIpc) is 2.61. The SMILES string of the molecule is Cc1ccc(NCc2cc(Br)cc(Br)c2OCc2ccc(Br)cc2)c(C)c1. The van der Waals surface area contributed by atoms with E-state index in [0.717, 1.165) is 36.0 Å². The summed E-state index contributed by atoms with van der Waals surface area (Å²) < 4.78 is 9.18. The molecule has 1 N–H and O–H groups in total. The van der Waals surface area contributed by atoms with E-state index < -0.39 is 0 Å². The Morgan fingerprint density at radius 3 is 2.30 bits per heavy atom. The van der Waals surface area contributed by atoms with Gasteiger partial charge in [-0.05, 0) is 71.2 Å². The maximum atomic E-state index is 6.16. The molecule has 27 heavy (non-hydrogen) atoms. The highest BCUT2D eigenvalue weighted by Gasteiger charge is 2.11. The van der Waals surface area contributed by atoms with E-state index in [-0.39, 0.29) is 0 Å². The van der Waals surface area contributed by atoms with Crippen molar-refractivity contribution in [1.82, 2.24) is 0 Å². The maximum Gasteiger partial charge on any atom is 0.139 e. The summed E-state index contributed by atoms with van der Waals surface area (Å²) in [6.45, 7) is 5.43. The highest BCUT2D eigenvalue weighted by atomic mass is 79.9. The lowest BCUT2D eigenvalue weighted by atomic mass is 10.1. The molecule has 0 bridgehead atoms. The highest BCUT2D eigenvalue weighted by Crippen LogP contribution is 2.34. The van der Waals surface area contributed by atoms with E-state index in [1.807, 2.05) is 18.2 Å². The molecule has 2 nitrogen and oxygen atoms in total. The average molecular weight is 554 g/mol. The molecule has 0 amide bonds. The zero-order valence-electron chi connectivity index (χ0n) is 15.2. The second-order valence-corrected chi connectivity index (χ2v) is 9.15. The van der Waals surface area contributed by atoms with E-state index in [9.17, 15) is 0 Å². The number of benzene rings is 3. The Morgan fingerprint density at radius 2 is 1.59 bits per heavy atom. The lowest BCUT2D eigenvalue weighted by Gasteiger charge is -2.16. The number of hydrogen-bond donors (Lipinski definition) is 1. The van der Waals surface area contributed by atoms with Crippen molar-refractivity contribution in [3.8, 4) is 5.75 Å². The zero-order valence-corrected chi connectivity index (χ0v) is 19.9. The van der Waals surface area contributed by atoms with Gasteiger partial charge in [0.1, 0.15) is 12.4 Å². The lowest BCUT2D eigenvalue weighted by Crippen LogP contribution is -2.05. The molecule has 140 valence electrons. The van der Waals surface area contributed by atoms with E-state index >= 15 is 0 Å². The van der Waals surface area contributed by atoms with Crippen LogP contribution in [0.5, 0.6) is 5.75 Å². The van der Waals surface area contributed by atoms with Crippen LogP contribution >= 0.6 is 47.8 Å². The molecule has 0 aliphatic heterocycles. The Balaban J connectivity index is 1.78. The molecule has 0 aliphatic rings. The molecule has 0 spiro atoms. The van der Waals surface area contributed by atoms with Gasteiger partial charge >= 0.3 is 0 Å². The van der Waals surface area contributed by atoms with Crippen LogP contribution in [0.2, 0.25) is 0 Å². The van der Waals surface area contributed by atoms with Crippen LogP contribution in [0, 0.1) is 13.8 Å². The van der Waals surface area contributed by atoms with Crippen LogP contribution in [0.15, 0.2) is 68.0 Å². The summed E-state index contributed by atoms with van der Waals surface area (Å²) >= 11 is 10.7. The predicted octanol–water partition coefficient (Wildman–Crippen LogP) is 7.78. The van der Waals surface area contributed by atoms with Gasteiger partial charge < -0.3 is 10.1 Å². The first-order valence-electron chi connectivity index (χ1n) is 8.58. The Hall–Kier alpha value is -1.30. The van der Waals surface area contributed by atoms with Crippen molar-refractivity contribution in [3.63, 3.8) is 0 Å². The molecule has 0 aromatic heterocycles. The Bertz CT molecular complexity index is 939. The third-order valence-electron chi connectivity index (χ3n) is 4.23. The molecule has 0 fully saturated rings. The molecular weight excluding hydrogens is 534 g/mol. The molecule has 3 rings (SSSR count). The first kappa shape index (κ1) is 20.4. The highest BCUT2D eigenvalue weighted by molar-refractivity contribution is 9.11. The normalized spacial score (nSPS) is 10.7. The van der Waals surface area contributed by atoms with Crippen LogP contribution in [-0.2, 0) is 13.2 Å². The van der Waals surface area contributed by atoms with E-state index in [1.165, 1.54) is 11.1 Å². The van der Waals surface area contributed by atoms with Gasteiger partial charge in [-0.25, -0.2) is 0 Å². The van der Waals surface area contributed by atoms with E-state index in [1.54, 1.807) is 0 Å². The summed E-state index contributed by atoms with van der Waals surface area (Å²) in [6.07, 6.45) is 0. The van der Waals surface area contributed by atoms with Gasteiger partial charge in [0.05, 0.1) is 4.47 Å². The van der Waals surface area contributed by atoms with Crippen molar-refractivity contribution in [1.29, 1.82) is 0 Å². The van der Waals surface area contributed by atoms with Gasteiger partial charge in [-0.1, -0.05) is 61.7 Å². The van der Waals surface area contributed by atoms with E-state index in [0.29, 0.717) is 13.2 Å². The van der Waals surface area contributed by atoms with Crippen molar-refractivity contribution in [2.45, 2.75) is 27.0 Å². The summed E-state index contributed by atoms with van der Waals surface area (Å²) in [5.74, 6) is 0.860. The minimum atomic E-state index is 0.518. The van der Waals surface area contributed by atoms with Crippen LogP contribution in [0.25, 0.3) is 0 Å². The van der Waals surface area contributed by atoms with Gasteiger partial charge in [-0.2, -0.15) is 0 Å². The predicted molar refractivity (Wildman–Crippen MR) is 124 cm³/mol. The minimum Gasteiger partial charge on any atom is -0.487 e. The quantitative estimate of drug-likeness (QED) is 0.336. The molecule has 0 unspecified atom stereocenters. The van der Waals surface area contributed by atoms with Crippen LogP contribution < -0.4 is 10.1 Å². The second kappa shape index (κ2) is 9.26. The Labute approximate surface area is 185 Å². The fraction of sp³-hybridized carbons (Fsp3) is 0.182. The van der Waals surface area contributed by atoms with Crippen LogP contribution in [0.1, 0.15) is 22.3 Å². The molecule has 0 aliphatic carbocycles. The molecule has 0 atom stereocenters. The third-order valence-corrected chi connectivity index (χ3v) is 5.81. The number of aryl methyl sites for hydroxylation is 2. The summed E-state index contributed by atoms with van der Waals surface area (Å²) in [5.41, 5.74) is 5.85. The molecule has 0 heterocycles. The largest absolute Gasteiger partial charge is 0.487 e. The standard InChI is InChI=1S/C22H20Br3NO/c1-14-3-8-21(15(2)9-14)26-12-17-10-19(24)11-20(25)22(17)27-13-16-4-6-18(23)7-5-16/h3-11,26H,12-13H2,1-2H3. The molecular formula is C22H20Br3NO. The molecule has 3 aromatic carbocycles. The second-order valence-electron chi connectivity index (χ2n) is 6.46. The number of halogens is 3. The number of rotatable bonds is 6. The zero-order chi connectivity index (χ0) is 19.4. The van der Waals surface area contributed by atoms with E-state index in [4.69, 9.17) is 4.74 Å². The number of nitrogens with one attached hydrogen (secondary N) is 1. The number of anilines is 1. The summed E-state index contributed by atoms with van der Waals surface area (Å²) in [5, 5.41) is 3.53. The number of ether oxygens (including phenoxy) is 1. The minimum absolute atomic E-state index is 0.518. The summed E-state index contributed by atoms with van der Waals surface area (Å²) in [6, 6.07) is 18.7. The summed E-state index contributed by atoms with van der Waals surface area (Å²) in [7, 11) is 0. The van der Waals surface area contributed by atoms with Crippen molar-refractivity contribution in [2.24, 2.45) is 0 Å². The molecule has 0 radical (unpaired) electrons. The Morgan fingerprint density at radius 1 is 0.852 bits per heavy atom. The third kappa shape index (κ3) is 5.59. The van der Waals surface area contributed by atoms with Crippen molar-refractivity contribution < 1.29 is 4.74 Å². The fourth-order valence-electron chi connectivity index (χ4n) is 2.85. The van der Waals surface area contributed by atoms with Gasteiger partial charge in [-0.3, -0.25) is 0 Å². The molecule has 0 saturated carbocycles. The fourth-order valence-corrected chi connectivity index (χ4v) is 4.54. The smallest absolute Gasteiger partial charge is 0.139 e. The van der Waals surface area contributed by atoms with Crippen LogP contribution in [0.4, 0.5) is 5.69 Å². The van der Waals surface area contributed by atoms with Crippen LogP contribution in [-0.4, -0.2) is 0 Å². The monoisotopic (exact) mass is 551 g/mol. The molecule has 3 aromatic rings. The molecule has 5 heteroatoms. The van der Waals surface area contributed by atoms with E-state index in [2.05, 4.69) is 103 Å². The lowest BCUT2D eigenvalue weighted by molar-refractivity contribution is 0.301.